The van der Waals surface area contributed by atoms with Crippen LogP contribution in [0.5, 0.6) is 5.75 Å². The van der Waals surface area contributed by atoms with Crippen LogP contribution in [0.4, 0.5) is 0 Å². The molecule has 1 rings (SSSR count). The van der Waals surface area contributed by atoms with Crippen molar-refractivity contribution in [1.29, 1.82) is 0 Å². The maximum Gasteiger partial charge on any atom is 0.240 e. The van der Waals surface area contributed by atoms with E-state index in [-0.39, 0.29) is 11.4 Å². The number of sulfonamides is 1. The molecule has 0 amide bonds. The highest BCUT2D eigenvalue weighted by Crippen LogP contribution is 2.26. The van der Waals surface area contributed by atoms with Crippen LogP contribution in [0.25, 0.3) is 0 Å². The first-order valence-electron chi connectivity index (χ1n) is 6.99. The van der Waals surface area contributed by atoms with Gasteiger partial charge in [0, 0.05) is 6.54 Å². The summed E-state index contributed by atoms with van der Waals surface area (Å²) in [4.78, 5) is 0.184. The lowest BCUT2D eigenvalue weighted by atomic mass is 10.1. The highest BCUT2D eigenvalue weighted by atomic mass is 32.2. The van der Waals surface area contributed by atoms with Crippen LogP contribution in [0.1, 0.15) is 24.5 Å². The zero-order valence-corrected chi connectivity index (χ0v) is 15.4. The molecule has 2 N–H and O–H groups in total. The highest BCUT2D eigenvalue weighted by molar-refractivity contribution is 7.98. The van der Waals surface area contributed by atoms with Crippen LogP contribution in [-0.2, 0) is 10.0 Å². The first-order chi connectivity index (χ1) is 10.1. The van der Waals surface area contributed by atoms with Gasteiger partial charge in [0.1, 0.15) is 5.75 Å². The second kappa shape index (κ2) is 7.68. The Morgan fingerprint density at radius 3 is 2.32 bits per heavy atom. The maximum atomic E-state index is 12.4. The predicted octanol–water partition coefficient (Wildman–Crippen LogP) is 2.09. The molecule has 7 heteroatoms. The topological polar surface area (TPSA) is 75.6 Å². The van der Waals surface area contributed by atoms with Gasteiger partial charge in [0.2, 0.25) is 10.0 Å². The fraction of sp³-hybridized carbons (Fsp3) is 0.600. The van der Waals surface area contributed by atoms with Gasteiger partial charge < -0.3 is 9.84 Å². The summed E-state index contributed by atoms with van der Waals surface area (Å²) in [6, 6.07) is 3.15. The summed E-state index contributed by atoms with van der Waals surface area (Å²) < 4.78 is 32.5. The molecule has 0 aromatic heterocycles. The van der Waals surface area contributed by atoms with E-state index in [1.54, 1.807) is 51.8 Å². The molecule has 0 bridgehead atoms. The molecule has 0 spiro atoms. The largest absolute Gasteiger partial charge is 0.496 e. The predicted molar refractivity (Wildman–Crippen MR) is 91.3 cm³/mol. The van der Waals surface area contributed by atoms with E-state index in [2.05, 4.69) is 4.72 Å². The number of aryl methyl sites for hydroxylation is 2. The van der Waals surface area contributed by atoms with E-state index in [0.29, 0.717) is 12.2 Å². The van der Waals surface area contributed by atoms with Crippen LogP contribution >= 0.6 is 11.8 Å². The number of ether oxygens (including phenoxy) is 1. The molecule has 22 heavy (non-hydrogen) atoms. The Balaban J connectivity index is 2.92. The number of methoxy groups -OCH3 is 1. The van der Waals surface area contributed by atoms with E-state index < -0.39 is 15.6 Å². The lowest BCUT2D eigenvalue weighted by Crippen LogP contribution is -2.41. The van der Waals surface area contributed by atoms with Crippen molar-refractivity contribution in [3.8, 4) is 5.75 Å². The third-order valence-corrected chi connectivity index (χ3v) is 5.43. The SMILES string of the molecule is COc1c(C)cc(S(=O)(=O)NC[C@](C)(O)CCSC)cc1C. The second-order valence-electron chi connectivity index (χ2n) is 5.65. The monoisotopic (exact) mass is 347 g/mol. The van der Waals surface area contributed by atoms with Crippen molar-refractivity contribution >= 4 is 21.8 Å². The summed E-state index contributed by atoms with van der Waals surface area (Å²) in [6.07, 6.45) is 2.47. The van der Waals surface area contributed by atoms with Gasteiger partial charge in [-0.3, -0.25) is 0 Å². The maximum absolute atomic E-state index is 12.4. The molecule has 0 unspecified atom stereocenters. The average molecular weight is 348 g/mol. The minimum absolute atomic E-state index is 0.0139. The van der Waals surface area contributed by atoms with Crippen molar-refractivity contribution in [1.82, 2.24) is 4.72 Å². The molecule has 0 saturated heterocycles. The van der Waals surface area contributed by atoms with E-state index in [1.165, 1.54) is 0 Å². The third kappa shape index (κ3) is 5.15. The zero-order valence-electron chi connectivity index (χ0n) is 13.8. The molecule has 0 aliphatic carbocycles. The van der Waals surface area contributed by atoms with Gasteiger partial charge in [0.15, 0.2) is 0 Å². The molecule has 1 aromatic rings. The number of thioether (sulfide) groups is 1. The Bertz CT molecular complexity index is 589. The summed E-state index contributed by atoms with van der Waals surface area (Å²) in [5, 5.41) is 10.2. The van der Waals surface area contributed by atoms with E-state index in [9.17, 15) is 13.5 Å². The number of hydrogen-bond donors (Lipinski definition) is 2. The fourth-order valence-electron chi connectivity index (χ4n) is 2.13. The fourth-order valence-corrected chi connectivity index (χ4v) is 4.11. The Kier molecular flexibility index (Phi) is 6.73. The number of benzene rings is 1. The van der Waals surface area contributed by atoms with Gasteiger partial charge in [-0.1, -0.05) is 0 Å². The second-order valence-corrected chi connectivity index (χ2v) is 8.41. The smallest absolute Gasteiger partial charge is 0.240 e. The van der Waals surface area contributed by atoms with Gasteiger partial charge in [-0.15, -0.1) is 0 Å². The minimum atomic E-state index is -3.66. The van der Waals surface area contributed by atoms with Crippen molar-refractivity contribution < 1.29 is 18.3 Å². The van der Waals surface area contributed by atoms with E-state index in [4.69, 9.17) is 4.74 Å². The molecule has 1 atom stereocenters. The molecule has 0 radical (unpaired) electrons. The van der Waals surface area contributed by atoms with Crippen molar-refractivity contribution in [3.63, 3.8) is 0 Å². The zero-order chi connectivity index (χ0) is 17.0. The molecule has 1 aromatic carbocycles. The van der Waals surface area contributed by atoms with Crippen LogP contribution in [-0.4, -0.2) is 44.8 Å². The van der Waals surface area contributed by atoms with Crippen molar-refractivity contribution in [2.75, 3.05) is 25.7 Å². The lowest BCUT2D eigenvalue weighted by molar-refractivity contribution is 0.0626. The number of nitrogens with one attached hydrogen (secondary N) is 1. The minimum Gasteiger partial charge on any atom is -0.496 e. The molecule has 0 saturated carbocycles. The first kappa shape index (κ1) is 19.3. The quantitative estimate of drug-likeness (QED) is 0.753. The van der Waals surface area contributed by atoms with Crippen LogP contribution in [0.2, 0.25) is 0 Å². The van der Waals surface area contributed by atoms with Crippen molar-refractivity contribution in [3.05, 3.63) is 23.3 Å². The highest BCUT2D eigenvalue weighted by Gasteiger charge is 2.24. The van der Waals surface area contributed by atoms with Crippen LogP contribution in [0.3, 0.4) is 0 Å². The molecule has 0 heterocycles. The molecular weight excluding hydrogens is 322 g/mol. The Morgan fingerprint density at radius 1 is 1.32 bits per heavy atom. The standard InChI is InChI=1S/C15H25NO4S2/c1-11-8-13(9-12(2)14(11)20-4)22(18,19)16-10-15(3,17)6-7-21-5/h8-9,16-17H,6-7,10H2,1-5H3/t15-/m1/s1. The van der Waals surface area contributed by atoms with E-state index in [1.807, 2.05) is 6.26 Å². The normalized spacial score (nSPS) is 14.6. The molecule has 0 fully saturated rings. The molecule has 0 aliphatic heterocycles. The van der Waals surface area contributed by atoms with E-state index >= 15 is 0 Å². The number of rotatable bonds is 8. The van der Waals surface area contributed by atoms with Gasteiger partial charge >= 0.3 is 0 Å². The summed E-state index contributed by atoms with van der Waals surface area (Å²) >= 11 is 1.62. The van der Waals surface area contributed by atoms with Crippen molar-refractivity contribution in [2.45, 2.75) is 37.7 Å². The molecule has 0 aliphatic rings. The lowest BCUT2D eigenvalue weighted by Gasteiger charge is -2.23. The molecule has 5 nitrogen and oxygen atoms in total. The molecular formula is C15H25NO4S2. The summed E-state index contributed by atoms with van der Waals surface area (Å²) in [5.74, 6) is 1.46. The van der Waals surface area contributed by atoms with Gasteiger partial charge in [0.25, 0.3) is 0 Å². The van der Waals surface area contributed by atoms with E-state index in [0.717, 1.165) is 16.9 Å². The number of aliphatic hydroxyl groups is 1. The van der Waals surface area contributed by atoms with Crippen LogP contribution in [0, 0.1) is 13.8 Å². The average Bonchev–Trinajstić information content (AvgIpc) is 2.43. The first-order valence-corrected chi connectivity index (χ1v) is 9.87. The summed E-state index contributed by atoms with van der Waals surface area (Å²) in [7, 11) is -2.10. The third-order valence-electron chi connectivity index (χ3n) is 3.44. The van der Waals surface area contributed by atoms with Gasteiger partial charge in [-0.05, 0) is 62.5 Å². The van der Waals surface area contributed by atoms with Gasteiger partial charge in [0.05, 0.1) is 17.6 Å². The molecule has 126 valence electrons. The summed E-state index contributed by atoms with van der Waals surface area (Å²) in [6.45, 7) is 5.23. The van der Waals surface area contributed by atoms with Gasteiger partial charge in [-0.25, -0.2) is 13.1 Å². The van der Waals surface area contributed by atoms with Crippen LogP contribution in [0.15, 0.2) is 17.0 Å². The van der Waals surface area contributed by atoms with Crippen LogP contribution < -0.4 is 9.46 Å². The summed E-state index contributed by atoms with van der Waals surface area (Å²) in [5.41, 5.74) is 0.459. The number of hydrogen-bond acceptors (Lipinski definition) is 5. The Hall–Kier alpha value is -0.760. The van der Waals surface area contributed by atoms with Crippen molar-refractivity contribution in [2.24, 2.45) is 0 Å². The Morgan fingerprint density at radius 2 is 1.86 bits per heavy atom. The van der Waals surface area contributed by atoms with Gasteiger partial charge in [-0.2, -0.15) is 11.8 Å². The Labute approximate surface area is 137 Å².